The van der Waals surface area contributed by atoms with Crippen LogP contribution in [0.2, 0.25) is 0 Å². The highest BCUT2D eigenvalue weighted by Gasteiger charge is 2.19. The summed E-state index contributed by atoms with van der Waals surface area (Å²) >= 11 is 0. The second-order valence-electron chi connectivity index (χ2n) is 5.83. The maximum absolute atomic E-state index is 12.5. The summed E-state index contributed by atoms with van der Waals surface area (Å²) < 4.78 is 26.4. The van der Waals surface area contributed by atoms with Crippen molar-refractivity contribution in [2.24, 2.45) is 0 Å². The van der Waals surface area contributed by atoms with Crippen LogP contribution in [0.15, 0.2) is 71.6 Å². The van der Waals surface area contributed by atoms with Gasteiger partial charge in [-0.3, -0.25) is 10.2 Å². The molecular weight excluding hydrogens is 350 g/mol. The first-order valence-corrected chi connectivity index (χ1v) is 9.50. The molecule has 3 aromatic rings. The molecule has 0 unspecified atom stereocenters. The number of aryl methyl sites for hydroxylation is 1. The van der Waals surface area contributed by atoms with E-state index < -0.39 is 15.9 Å². The van der Waals surface area contributed by atoms with E-state index in [2.05, 4.69) is 10.3 Å². The topological polar surface area (TPSA) is 80.2 Å². The number of amides is 1. The van der Waals surface area contributed by atoms with Crippen LogP contribution < -0.4 is 10.3 Å². The predicted octanol–water partition coefficient (Wildman–Crippen LogP) is 2.72. The van der Waals surface area contributed by atoms with Crippen LogP contribution in [0.5, 0.6) is 0 Å². The SMILES string of the molecule is Cc1cc(C(=O)NNS(=O)(=O)c2ccccc2)c(C)n1-c1ccccc1. The van der Waals surface area contributed by atoms with Crippen molar-refractivity contribution in [3.05, 3.63) is 83.7 Å². The fourth-order valence-corrected chi connectivity index (χ4v) is 3.67. The van der Waals surface area contributed by atoms with Crippen LogP contribution in [-0.2, 0) is 10.0 Å². The minimum absolute atomic E-state index is 0.0788. The van der Waals surface area contributed by atoms with Gasteiger partial charge in [0, 0.05) is 17.1 Å². The Morgan fingerprint density at radius 3 is 2.12 bits per heavy atom. The molecule has 0 fully saturated rings. The zero-order valence-electron chi connectivity index (χ0n) is 14.4. The van der Waals surface area contributed by atoms with E-state index in [-0.39, 0.29) is 4.90 Å². The molecule has 0 radical (unpaired) electrons. The summed E-state index contributed by atoms with van der Waals surface area (Å²) in [6.07, 6.45) is 0. The van der Waals surface area contributed by atoms with E-state index in [0.717, 1.165) is 17.1 Å². The average Bonchev–Trinajstić information content (AvgIpc) is 2.95. The number of benzene rings is 2. The molecule has 6 nitrogen and oxygen atoms in total. The molecule has 7 heteroatoms. The number of rotatable bonds is 5. The molecule has 1 aromatic heterocycles. The minimum atomic E-state index is -3.82. The van der Waals surface area contributed by atoms with Crippen LogP contribution in [-0.4, -0.2) is 18.9 Å². The Hall–Kier alpha value is -2.90. The summed E-state index contributed by atoms with van der Waals surface area (Å²) in [5.74, 6) is -0.514. The third kappa shape index (κ3) is 3.54. The van der Waals surface area contributed by atoms with E-state index in [1.807, 2.05) is 48.7 Å². The molecule has 0 aliphatic heterocycles. The van der Waals surface area contributed by atoms with Crippen LogP contribution in [0.1, 0.15) is 21.7 Å². The van der Waals surface area contributed by atoms with Crippen molar-refractivity contribution in [1.82, 2.24) is 14.8 Å². The van der Waals surface area contributed by atoms with Gasteiger partial charge in [-0.05, 0) is 44.2 Å². The zero-order chi connectivity index (χ0) is 18.7. The molecule has 0 spiro atoms. The van der Waals surface area contributed by atoms with Crippen molar-refractivity contribution in [3.63, 3.8) is 0 Å². The Morgan fingerprint density at radius 2 is 1.50 bits per heavy atom. The molecular formula is C19H19N3O3S. The predicted molar refractivity (Wildman–Crippen MR) is 99.5 cm³/mol. The van der Waals surface area contributed by atoms with Crippen molar-refractivity contribution in [2.75, 3.05) is 0 Å². The number of hydrogen-bond acceptors (Lipinski definition) is 3. The molecule has 2 N–H and O–H groups in total. The highest BCUT2D eigenvalue weighted by Crippen LogP contribution is 2.20. The largest absolute Gasteiger partial charge is 0.318 e. The quantitative estimate of drug-likeness (QED) is 0.679. The van der Waals surface area contributed by atoms with Gasteiger partial charge in [-0.25, -0.2) is 8.42 Å². The van der Waals surface area contributed by atoms with Gasteiger partial charge in [0.15, 0.2) is 0 Å². The number of carbonyl (C=O) groups is 1. The summed E-state index contributed by atoms with van der Waals surface area (Å²) in [5.41, 5.74) is 5.23. The van der Waals surface area contributed by atoms with Gasteiger partial charge in [-0.2, -0.15) is 0 Å². The molecule has 3 rings (SSSR count). The number of carbonyl (C=O) groups excluding carboxylic acids is 1. The summed E-state index contributed by atoms with van der Waals surface area (Å²) in [6.45, 7) is 3.71. The lowest BCUT2D eigenvalue weighted by molar-refractivity contribution is 0.0944. The first-order valence-electron chi connectivity index (χ1n) is 8.02. The number of hydrazine groups is 1. The highest BCUT2D eigenvalue weighted by atomic mass is 32.2. The van der Waals surface area contributed by atoms with Gasteiger partial charge in [-0.15, -0.1) is 4.83 Å². The van der Waals surface area contributed by atoms with Crippen LogP contribution in [0.25, 0.3) is 5.69 Å². The van der Waals surface area contributed by atoms with Gasteiger partial charge in [0.25, 0.3) is 15.9 Å². The van der Waals surface area contributed by atoms with E-state index in [4.69, 9.17) is 0 Å². The van der Waals surface area contributed by atoms with Gasteiger partial charge < -0.3 is 4.57 Å². The molecule has 0 saturated carbocycles. The van der Waals surface area contributed by atoms with Gasteiger partial charge in [0.05, 0.1) is 10.5 Å². The fraction of sp³-hybridized carbons (Fsp3) is 0.105. The normalized spacial score (nSPS) is 11.3. The van der Waals surface area contributed by atoms with E-state index in [1.165, 1.54) is 12.1 Å². The van der Waals surface area contributed by atoms with E-state index in [1.54, 1.807) is 24.3 Å². The number of nitrogens with zero attached hydrogens (tertiary/aromatic N) is 1. The molecule has 1 amide bonds. The van der Waals surface area contributed by atoms with Crippen LogP contribution >= 0.6 is 0 Å². The Kier molecular flexibility index (Phi) is 4.92. The molecule has 2 aromatic carbocycles. The van der Waals surface area contributed by atoms with E-state index in [0.29, 0.717) is 5.56 Å². The Bertz CT molecular complexity index is 1030. The average molecular weight is 369 g/mol. The number of nitrogens with one attached hydrogen (secondary N) is 2. The molecule has 134 valence electrons. The number of para-hydroxylation sites is 1. The highest BCUT2D eigenvalue weighted by molar-refractivity contribution is 7.89. The second-order valence-corrected chi connectivity index (χ2v) is 7.51. The summed E-state index contributed by atoms with van der Waals surface area (Å²) in [5, 5.41) is 0. The second kappa shape index (κ2) is 7.15. The number of hydrogen-bond donors (Lipinski definition) is 2. The minimum Gasteiger partial charge on any atom is -0.318 e. The third-order valence-corrected chi connectivity index (χ3v) is 5.31. The standard InChI is InChI=1S/C19H19N3O3S/c1-14-13-18(15(2)22(14)16-9-5-3-6-10-16)19(23)20-21-26(24,25)17-11-7-4-8-12-17/h3-13,21H,1-2H3,(H,20,23). The third-order valence-electron chi connectivity index (χ3n) is 4.04. The molecule has 0 aliphatic rings. The maximum atomic E-state index is 12.5. The smallest absolute Gasteiger partial charge is 0.268 e. The first-order chi connectivity index (χ1) is 12.4. The summed E-state index contributed by atoms with van der Waals surface area (Å²) in [6, 6.07) is 19.2. The fourth-order valence-electron chi connectivity index (χ4n) is 2.81. The van der Waals surface area contributed by atoms with Gasteiger partial charge in [-0.1, -0.05) is 36.4 Å². The molecule has 1 heterocycles. The van der Waals surface area contributed by atoms with E-state index in [9.17, 15) is 13.2 Å². The number of sulfonamides is 1. The lowest BCUT2D eigenvalue weighted by Crippen LogP contribution is -2.41. The lowest BCUT2D eigenvalue weighted by atomic mass is 10.2. The molecule has 0 saturated heterocycles. The van der Waals surface area contributed by atoms with Crippen molar-refractivity contribution in [3.8, 4) is 5.69 Å². The molecule has 26 heavy (non-hydrogen) atoms. The molecule has 0 bridgehead atoms. The first kappa shape index (κ1) is 17.9. The zero-order valence-corrected chi connectivity index (χ0v) is 15.2. The van der Waals surface area contributed by atoms with Crippen molar-refractivity contribution in [1.29, 1.82) is 0 Å². The Balaban J connectivity index is 1.81. The molecule has 0 atom stereocenters. The van der Waals surface area contributed by atoms with Gasteiger partial charge in [0.1, 0.15) is 0 Å². The van der Waals surface area contributed by atoms with Crippen molar-refractivity contribution < 1.29 is 13.2 Å². The van der Waals surface area contributed by atoms with Crippen LogP contribution in [0.3, 0.4) is 0 Å². The monoisotopic (exact) mass is 369 g/mol. The number of aromatic nitrogens is 1. The Morgan fingerprint density at radius 1 is 0.923 bits per heavy atom. The van der Waals surface area contributed by atoms with Crippen LogP contribution in [0.4, 0.5) is 0 Å². The van der Waals surface area contributed by atoms with Crippen molar-refractivity contribution in [2.45, 2.75) is 18.7 Å². The van der Waals surface area contributed by atoms with E-state index >= 15 is 0 Å². The summed E-state index contributed by atoms with van der Waals surface area (Å²) in [7, 11) is -3.82. The maximum Gasteiger partial charge on any atom is 0.268 e. The Labute approximate surface area is 152 Å². The van der Waals surface area contributed by atoms with Crippen molar-refractivity contribution >= 4 is 15.9 Å². The lowest BCUT2D eigenvalue weighted by Gasteiger charge is -2.10. The van der Waals surface area contributed by atoms with Crippen LogP contribution in [0, 0.1) is 13.8 Å². The summed E-state index contributed by atoms with van der Waals surface area (Å²) in [4.78, 5) is 14.7. The molecule has 0 aliphatic carbocycles. The van der Waals surface area contributed by atoms with Gasteiger partial charge >= 0.3 is 0 Å². The van der Waals surface area contributed by atoms with Gasteiger partial charge in [0.2, 0.25) is 0 Å².